The minimum atomic E-state index is -0.564. The highest BCUT2D eigenvalue weighted by Gasteiger charge is 2.27. The van der Waals surface area contributed by atoms with Gasteiger partial charge in [0.2, 0.25) is 5.91 Å². The van der Waals surface area contributed by atoms with Crippen LogP contribution in [-0.4, -0.2) is 27.4 Å². The maximum absolute atomic E-state index is 12.0. The van der Waals surface area contributed by atoms with Gasteiger partial charge >= 0.3 is 0 Å². The number of hydrogen-bond donors (Lipinski definition) is 3. The van der Waals surface area contributed by atoms with Crippen LogP contribution in [0.4, 0.5) is 5.69 Å². The Morgan fingerprint density at radius 1 is 1.33 bits per heavy atom. The molecule has 0 bridgehead atoms. The molecule has 0 aliphatic heterocycles. The van der Waals surface area contributed by atoms with Crippen molar-refractivity contribution in [3.8, 4) is 0 Å². The van der Waals surface area contributed by atoms with Gasteiger partial charge in [0.15, 0.2) is 0 Å². The number of H-pyrrole nitrogens is 1. The van der Waals surface area contributed by atoms with Crippen molar-refractivity contribution < 1.29 is 4.79 Å². The van der Waals surface area contributed by atoms with Crippen LogP contribution in [0.2, 0.25) is 0 Å². The Hall–Kier alpha value is -1.95. The number of rotatable bonds is 2. The second-order valence-electron chi connectivity index (χ2n) is 5.36. The topological polar surface area (TPSA) is 96.7 Å². The molecule has 0 aliphatic carbocycles. The predicted octanol–water partition coefficient (Wildman–Crippen LogP) is 1.27. The van der Waals surface area contributed by atoms with E-state index in [0.717, 1.165) is 5.52 Å². The number of carbonyl (C=O) groups excluding carboxylic acids is 1. The van der Waals surface area contributed by atoms with Gasteiger partial charge in [-0.3, -0.25) is 4.79 Å². The smallest absolute Gasteiger partial charge is 0.241 e. The first kappa shape index (κ1) is 12.5. The molecule has 0 fully saturated rings. The molecule has 0 aliphatic rings. The van der Waals surface area contributed by atoms with E-state index in [1.54, 1.807) is 18.2 Å². The van der Waals surface area contributed by atoms with Crippen LogP contribution in [-0.2, 0) is 4.79 Å². The third-order valence-corrected chi connectivity index (χ3v) is 2.80. The fourth-order valence-corrected chi connectivity index (χ4v) is 1.53. The van der Waals surface area contributed by atoms with Crippen LogP contribution in [0.1, 0.15) is 20.8 Å². The van der Waals surface area contributed by atoms with Gasteiger partial charge in [0, 0.05) is 5.69 Å². The number of amides is 1. The van der Waals surface area contributed by atoms with E-state index < -0.39 is 6.04 Å². The molecule has 4 N–H and O–H groups in total. The predicted molar refractivity (Wildman–Crippen MR) is 69.9 cm³/mol. The third kappa shape index (κ3) is 2.48. The lowest BCUT2D eigenvalue weighted by atomic mass is 9.87. The average Bonchev–Trinajstić information content (AvgIpc) is 2.73. The molecule has 1 atom stereocenters. The first-order valence-electron chi connectivity index (χ1n) is 5.75. The van der Waals surface area contributed by atoms with E-state index in [1.165, 1.54) is 0 Å². The molecule has 0 spiro atoms. The number of carbonyl (C=O) groups is 1. The van der Waals surface area contributed by atoms with Crippen molar-refractivity contribution in [2.75, 3.05) is 5.32 Å². The summed E-state index contributed by atoms with van der Waals surface area (Å²) in [6.07, 6.45) is 0. The monoisotopic (exact) mass is 247 g/mol. The molecule has 0 saturated heterocycles. The maximum atomic E-state index is 12.0. The highest BCUT2D eigenvalue weighted by molar-refractivity contribution is 5.96. The number of nitrogens with zero attached hydrogens (tertiary/aromatic N) is 2. The van der Waals surface area contributed by atoms with E-state index in [4.69, 9.17) is 5.73 Å². The largest absolute Gasteiger partial charge is 0.325 e. The van der Waals surface area contributed by atoms with Crippen LogP contribution < -0.4 is 11.1 Å². The minimum Gasteiger partial charge on any atom is -0.325 e. The fourth-order valence-electron chi connectivity index (χ4n) is 1.53. The first-order valence-corrected chi connectivity index (χ1v) is 5.75. The zero-order valence-electron chi connectivity index (χ0n) is 10.7. The van der Waals surface area contributed by atoms with Gasteiger partial charge in [-0.1, -0.05) is 20.8 Å². The highest BCUT2D eigenvalue weighted by atomic mass is 16.2. The summed E-state index contributed by atoms with van der Waals surface area (Å²) in [5.74, 6) is -0.203. The van der Waals surface area contributed by atoms with Crippen LogP contribution >= 0.6 is 0 Å². The molecule has 0 unspecified atom stereocenters. The summed E-state index contributed by atoms with van der Waals surface area (Å²) in [5.41, 5.74) is 7.74. The van der Waals surface area contributed by atoms with Gasteiger partial charge in [-0.15, -0.1) is 0 Å². The maximum Gasteiger partial charge on any atom is 0.241 e. The van der Waals surface area contributed by atoms with Crippen molar-refractivity contribution in [1.82, 2.24) is 15.4 Å². The van der Waals surface area contributed by atoms with Crippen LogP contribution in [0.25, 0.3) is 11.0 Å². The number of aromatic amines is 1. The molecule has 6 nitrogen and oxygen atoms in total. The molecular weight excluding hydrogens is 230 g/mol. The Labute approximate surface area is 105 Å². The second-order valence-corrected chi connectivity index (χ2v) is 5.36. The summed E-state index contributed by atoms with van der Waals surface area (Å²) in [4.78, 5) is 12.0. The summed E-state index contributed by atoms with van der Waals surface area (Å²) in [6, 6.07) is 4.76. The van der Waals surface area contributed by atoms with Gasteiger partial charge in [-0.2, -0.15) is 15.4 Å². The Balaban J connectivity index is 2.16. The van der Waals surface area contributed by atoms with Crippen molar-refractivity contribution in [3.05, 3.63) is 18.2 Å². The quantitative estimate of drug-likeness (QED) is 0.744. The standard InChI is InChI=1S/C12H17N5O/c1-12(2,3)10(13)11(18)14-7-4-5-8-9(6-7)16-17-15-8/h4-6,10H,13H2,1-3H3,(H,14,18)(H,15,16,17)/t10-/m1/s1. The Kier molecular flexibility index (Phi) is 3.04. The zero-order valence-corrected chi connectivity index (χ0v) is 10.7. The molecule has 2 aromatic rings. The highest BCUT2D eigenvalue weighted by Crippen LogP contribution is 2.20. The molecule has 0 saturated carbocycles. The molecule has 1 heterocycles. The molecule has 96 valence electrons. The minimum absolute atomic E-state index is 0.203. The van der Waals surface area contributed by atoms with Crippen molar-refractivity contribution in [1.29, 1.82) is 0 Å². The number of anilines is 1. The van der Waals surface area contributed by atoms with Crippen molar-refractivity contribution in [2.24, 2.45) is 11.1 Å². The van der Waals surface area contributed by atoms with Gasteiger partial charge < -0.3 is 11.1 Å². The summed E-state index contributed by atoms with van der Waals surface area (Å²) in [5, 5.41) is 13.2. The van der Waals surface area contributed by atoms with Crippen LogP contribution in [0.15, 0.2) is 18.2 Å². The van der Waals surface area contributed by atoms with Crippen LogP contribution in [0.5, 0.6) is 0 Å². The van der Waals surface area contributed by atoms with E-state index in [0.29, 0.717) is 11.2 Å². The lowest BCUT2D eigenvalue weighted by Gasteiger charge is -2.25. The SMILES string of the molecule is CC(C)(C)[C@H](N)C(=O)Nc1ccc2n[nH]nc2c1. The molecule has 1 aromatic heterocycles. The van der Waals surface area contributed by atoms with Crippen molar-refractivity contribution >= 4 is 22.6 Å². The summed E-state index contributed by atoms with van der Waals surface area (Å²) < 4.78 is 0. The fraction of sp³-hybridized carbons (Fsp3) is 0.417. The molecule has 2 rings (SSSR count). The van der Waals surface area contributed by atoms with Gasteiger partial charge in [0.1, 0.15) is 11.0 Å². The van der Waals surface area contributed by atoms with Crippen LogP contribution in [0.3, 0.4) is 0 Å². The van der Waals surface area contributed by atoms with E-state index in [-0.39, 0.29) is 11.3 Å². The molecule has 6 heteroatoms. The summed E-state index contributed by atoms with van der Waals surface area (Å²) in [7, 11) is 0. The molecule has 18 heavy (non-hydrogen) atoms. The van der Waals surface area contributed by atoms with Gasteiger partial charge in [0.05, 0.1) is 6.04 Å². The number of nitrogens with two attached hydrogens (primary N) is 1. The lowest BCUT2D eigenvalue weighted by Crippen LogP contribution is -2.45. The normalized spacial score (nSPS) is 13.6. The number of hydrogen-bond acceptors (Lipinski definition) is 4. The van der Waals surface area contributed by atoms with E-state index in [2.05, 4.69) is 20.7 Å². The second kappa shape index (κ2) is 4.38. The molecule has 0 radical (unpaired) electrons. The summed E-state index contributed by atoms with van der Waals surface area (Å²) in [6.45, 7) is 5.79. The Morgan fingerprint density at radius 2 is 2.00 bits per heavy atom. The molecule has 1 amide bonds. The number of aromatic nitrogens is 3. The van der Waals surface area contributed by atoms with Crippen molar-refractivity contribution in [3.63, 3.8) is 0 Å². The average molecular weight is 247 g/mol. The number of fused-ring (bicyclic) bond motifs is 1. The van der Waals surface area contributed by atoms with E-state index in [1.807, 2.05) is 20.8 Å². The van der Waals surface area contributed by atoms with Gasteiger partial charge in [-0.05, 0) is 23.6 Å². The zero-order chi connectivity index (χ0) is 13.3. The molecular formula is C12H17N5O. The van der Waals surface area contributed by atoms with Crippen molar-refractivity contribution in [2.45, 2.75) is 26.8 Å². The third-order valence-electron chi connectivity index (χ3n) is 2.80. The number of nitrogens with one attached hydrogen (secondary N) is 2. The lowest BCUT2D eigenvalue weighted by molar-refractivity contribution is -0.119. The number of benzene rings is 1. The molecule has 1 aromatic carbocycles. The Bertz CT molecular complexity index is 569. The van der Waals surface area contributed by atoms with E-state index >= 15 is 0 Å². The Morgan fingerprint density at radius 3 is 2.67 bits per heavy atom. The van der Waals surface area contributed by atoms with Gasteiger partial charge in [-0.25, -0.2) is 0 Å². The first-order chi connectivity index (χ1) is 8.38. The van der Waals surface area contributed by atoms with Gasteiger partial charge in [0.25, 0.3) is 0 Å². The van der Waals surface area contributed by atoms with E-state index in [9.17, 15) is 4.79 Å². The van der Waals surface area contributed by atoms with Crippen LogP contribution in [0, 0.1) is 5.41 Å². The summed E-state index contributed by atoms with van der Waals surface area (Å²) >= 11 is 0.